The predicted octanol–water partition coefficient (Wildman–Crippen LogP) is -0.287. The van der Waals surface area contributed by atoms with Gasteiger partial charge in [-0.25, -0.2) is 0 Å². The summed E-state index contributed by atoms with van der Waals surface area (Å²) in [6.07, 6.45) is 2.91. The molecule has 0 fully saturated rings. The molecule has 2 atom stereocenters. The van der Waals surface area contributed by atoms with Crippen LogP contribution in [0.25, 0.3) is 0 Å². The highest BCUT2D eigenvalue weighted by Gasteiger charge is 2.20. The van der Waals surface area contributed by atoms with E-state index >= 15 is 0 Å². The zero-order chi connectivity index (χ0) is 16.7. The molecule has 2 rings (SSSR count). The second-order valence-electron chi connectivity index (χ2n) is 6.31. The Morgan fingerprint density at radius 1 is 1.04 bits per heavy atom. The van der Waals surface area contributed by atoms with E-state index in [-0.39, 0.29) is 24.2 Å². The van der Waals surface area contributed by atoms with Gasteiger partial charge >= 0.3 is 0 Å². The van der Waals surface area contributed by atoms with Crippen molar-refractivity contribution in [3.05, 3.63) is 65.2 Å². The number of phenolic OH excluding ortho intramolecular Hbond substituents is 1. The minimum absolute atomic E-state index is 0. The van der Waals surface area contributed by atoms with Crippen LogP contribution in [0.2, 0.25) is 0 Å². The van der Waals surface area contributed by atoms with E-state index in [9.17, 15) is 10.2 Å². The van der Waals surface area contributed by atoms with Crippen LogP contribution in [-0.4, -0.2) is 22.8 Å². The summed E-state index contributed by atoms with van der Waals surface area (Å²) in [6.45, 7) is 4.99. The summed E-state index contributed by atoms with van der Waals surface area (Å²) in [5.74, 6) is 0.246. The molecule has 4 heteroatoms. The number of rotatable bonds is 8. The number of nitrogens with two attached hydrogens (primary N) is 1. The molecule has 0 aliphatic heterocycles. The van der Waals surface area contributed by atoms with Crippen molar-refractivity contribution in [2.45, 2.75) is 45.3 Å². The Kier molecular flexibility index (Phi) is 8.83. The van der Waals surface area contributed by atoms with Crippen molar-refractivity contribution in [1.29, 1.82) is 0 Å². The molecule has 0 heterocycles. The number of halogens is 1. The van der Waals surface area contributed by atoms with Gasteiger partial charge in [-0.05, 0) is 61.9 Å². The van der Waals surface area contributed by atoms with E-state index in [0.29, 0.717) is 0 Å². The fourth-order valence-corrected chi connectivity index (χ4v) is 2.90. The van der Waals surface area contributed by atoms with E-state index in [1.807, 2.05) is 26.0 Å². The van der Waals surface area contributed by atoms with Crippen molar-refractivity contribution < 1.29 is 27.9 Å². The van der Waals surface area contributed by atoms with Crippen molar-refractivity contribution >= 4 is 0 Å². The van der Waals surface area contributed by atoms with Crippen LogP contribution < -0.4 is 17.7 Å². The Morgan fingerprint density at radius 2 is 1.75 bits per heavy atom. The number of quaternary nitrogens is 1. The maximum atomic E-state index is 10.5. The smallest absolute Gasteiger partial charge is 0.131 e. The van der Waals surface area contributed by atoms with Gasteiger partial charge in [0.25, 0.3) is 0 Å². The summed E-state index contributed by atoms with van der Waals surface area (Å²) in [6, 6.07) is 15.8. The van der Waals surface area contributed by atoms with Crippen molar-refractivity contribution in [2.75, 3.05) is 6.54 Å². The average molecular weight is 350 g/mol. The van der Waals surface area contributed by atoms with Crippen molar-refractivity contribution in [3.63, 3.8) is 0 Å². The van der Waals surface area contributed by atoms with Gasteiger partial charge in [0.05, 0.1) is 6.54 Å². The number of unbranched alkanes of at least 4 members (excludes halogenated alkanes) is 1. The lowest BCUT2D eigenvalue weighted by atomic mass is 9.98. The van der Waals surface area contributed by atoms with Gasteiger partial charge in [0.15, 0.2) is 0 Å². The fourth-order valence-electron chi connectivity index (χ4n) is 2.90. The Labute approximate surface area is 151 Å². The van der Waals surface area contributed by atoms with E-state index in [4.69, 9.17) is 0 Å². The third kappa shape index (κ3) is 6.16. The molecule has 2 aromatic rings. The van der Waals surface area contributed by atoms with Crippen LogP contribution in [0, 0.1) is 6.92 Å². The topological polar surface area (TPSA) is 57.1 Å². The zero-order valence-corrected chi connectivity index (χ0v) is 15.2. The summed E-state index contributed by atoms with van der Waals surface area (Å²) in [4.78, 5) is 0. The van der Waals surface area contributed by atoms with E-state index in [1.54, 1.807) is 12.1 Å². The molecule has 0 bridgehead atoms. The number of aryl methyl sites for hydroxylation is 2. The molecule has 0 saturated heterocycles. The number of benzene rings is 2. The molecule has 3 nitrogen and oxygen atoms in total. The predicted molar refractivity (Wildman–Crippen MR) is 93.4 cm³/mol. The Hall–Kier alpha value is -1.55. The maximum absolute atomic E-state index is 10.5. The van der Waals surface area contributed by atoms with Crippen LogP contribution in [0.5, 0.6) is 5.75 Å². The first-order valence-electron chi connectivity index (χ1n) is 8.43. The lowest BCUT2D eigenvalue weighted by Gasteiger charge is -2.19. The van der Waals surface area contributed by atoms with E-state index in [0.717, 1.165) is 30.5 Å². The maximum Gasteiger partial charge on any atom is 0.131 e. The number of phenols is 1. The number of hydrogen-bond donors (Lipinski definition) is 3. The first kappa shape index (κ1) is 20.5. The third-order valence-corrected chi connectivity index (χ3v) is 4.37. The third-order valence-electron chi connectivity index (χ3n) is 4.37. The van der Waals surface area contributed by atoms with Crippen molar-refractivity contribution in [1.82, 2.24) is 0 Å². The SMILES string of the molecule is Cc1cc(O)ccc1C(O)C(C)[NH2+]CCCCc1ccccc1.[Cl-]. The summed E-state index contributed by atoms with van der Waals surface area (Å²) in [7, 11) is 0. The van der Waals surface area contributed by atoms with Gasteiger partial charge in [-0.15, -0.1) is 0 Å². The van der Waals surface area contributed by atoms with Gasteiger partial charge in [-0.2, -0.15) is 0 Å². The highest BCUT2D eigenvalue weighted by Crippen LogP contribution is 2.23. The molecule has 24 heavy (non-hydrogen) atoms. The average Bonchev–Trinajstić information content (AvgIpc) is 2.55. The van der Waals surface area contributed by atoms with Gasteiger partial charge in [0.1, 0.15) is 17.9 Å². The number of aliphatic hydroxyl groups excluding tert-OH is 1. The highest BCUT2D eigenvalue weighted by molar-refractivity contribution is 5.35. The lowest BCUT2D eigenvalue weighted by molar-refractivity contribution is -0.694. The van der Waals surface area contributed by atoms with Gasteiger partial charge in [-0.3, -0.25) is 0 Å². The minimum Gasteiger partial charge on any atom is -1.00 e. The lowest BCUT2D eigenvalue weighted by Crippen LogP contribution is -3.00. The second kappa shape index (κ2) is 10.3. The molecule has 2 aromatic carbocycles. The van der Waals surface area contributed by atoms with E-state index in [1.165, 1.54) is 12.0 Å². The zero-order valence-electron chi connectivity index (χ0n) is 14.5. The normalized spacial score (nSPS) is 13.1. The van der Waals surface area contributed by atoms with Crippen molar-refractivity contribution in [2.24, 2.45) is 0 Å². The largest absolute Gasteiger partial charge is 1.00 e. The molecule has 0 aromatic heterocycles. The van der Waals surface area contributed by atoms with Gasteiger partial charge in [0.2, 0.25) is 0 Å². The van der Waals surface area contributed by atoms with Gasteiger partial charge < -0.3 is 27.9 Å². The second-order valence-corrected chi connectivity index (χ2v) is 6.31. The van der Waals surface area contributed by atoms with Crippen LogP contribution in [0.15, 0.2) is 48.5 Å². The standard InChI is InChI=1S/C20H27NO2.ClH/c1-15-14-18(22)11-12-19(15)20(23)16(2)21-13-7-6-10-17-8-4-3-5-9-17;/h3-5,8-9,11-12,14,16,20-23H,6-7,10,13H2,1-2H3;1H. The minimum atomic E-state index is -0.510. The molecule has 0 amide bonds. The summed E-state index contributed by atoms with van der Waals surface area (Å²) < 4.78 is 0. The summed E-state index contributed by atoms with van der Waals surface area (Å²) in [5.41, 5.74) is 3.22. The Morgan fingerprint density at radius 3 is 2.42 bits per heavy atom. The van der Waals surface area contributed by atoms with Crippen LogP contribution >= 0.6 is 0 Å². The summed E-state index contributed by atoms with van der Waals surface area (Å²) in [5, 5.41) is 22.2. The van der Waals surface area contributed by atoms with E-state index in [2.05, 4.69) is 29.6 Å². The summed E-state index contributed by atoms with van der Waals surface area (Å²) >= 11 is 0. The monoisotopic (exact) mass is 349 g/mol. The van der Waals surface area contributed by atoms with Gasteiger partial charge in [0, 0.05) is 0 Å². The van der Waals surface area contributed by atoms with Crippen LogP contribution in [0.1, 0.15) is 42.6 Å². The first-order valence-corrected chi connectivity index (χ1v) is 8.43. The fraction of sp³-hybridized carbons (Fsp3) is 0.400. The number of aliphatic hydroxyl groups is 1. The molecule has 2 unspecified atom stereocenters. The van der Waals surface area contributed by atoms with Crippen LogP contribution in [-0.2, 0) is 6.42 Å². The molecule has 132 valence electrons. The Balaban J connectivity index is 0.00000288. The molecular weight excluding hydrogens is 322 g/mol. The first-order chi connectivity index (χ1) is 11.1. The van der Waals surface area contributed by atoms with Crippen LogP contribution in [0.3, 0.4) is 0 Å². The molecule has 0 radical (unpaired) electrons. The molecule has 4 N–H and O–H groups in total. The quantitative estimate of drug-likeness (QED) is 0.574. The molecule has 0 aliphatic rings. The van der Waals surface area contributed by atoms with Crippen molar-refractivity contribution in [3.8, 4) is 5.75 Å². The van der Waals surface area contributed by atoms with Crippen LogP contribution in [0.4, 0.5) is 0 Å². The van der Waals surface area contributed by atoms with Gasteiger partial charge in [-0.1, -0.05) is 36.4 Å². The van der Waals surface area contributed by atoms with E-state index < -0.39 is 6.10 Å². The Bertz CT molecular complexity index is 604. The molecule has 0 saturated carbocycles. The molecular formula is C20H28ClNO2. The highest BCUT2D eigenvalue weighted by atomic mass is 35.5. The molecule has 0 aliphatic carbocycles. The number of aromatic hydroxyl groups is 1. The number of hydrogen-bond acceptors (Lipinski definition) is 2. The molecule has 0 spiro atoms.